The highest BCUT2D eigenvalue weighted by Crippen LogP contribution is 2.11. The Balaban J connectivity index is 3.20. The fourth-order valence-corrected chi connectivity index (χ4v) is 1.04. The van der Waals surface area contributed by atoms with Crippen LogP contribution < -0.4 is 16.2 Å². The van der Waals surface area contributed by atoms with Gasteiger partial charge in [0.1, 0.15) is 0 Å². The molecule has 0 saturated carbocycles. The van der Waals surface area contributed by atoms with Gasteiger partial charge >= 0.3 is 0 Å². The minimum absolute atomic E-state index is 0.108. The van der Waals surface area contributed by atoms with Crippen LogP contribution in [0.5, 0.6) is 0 Å². The smallest absolute Gasteiger partial charge is 0.251 e. The average Bonchev–Trinajstić information content (AvgIpc) is 2.15. The van der Waals surface area contributed by atoms with Gasteiger partial charge in [0.25, 0.3) is 5.91 Å². The number of carboxylic acids is 1. The summed E-state index contributed by atoms with van der Waals surface area (Å²) in [4.78, 5) is 21.7. The van der Waals surface area contributed by atoms with Gasteiger partial charge in [0.2, 0.25) is 0 Å². The molecule has 0 bridgehead atoms. The Labute approximate surface area is 80.5 Å². The van der Waals surface area contributed by atoms with E-state index in [2.05, 4.69) is 5.32 Å². The Morgan fingerprint density at radius 2 is 1.86 bits per heavy atom. The van der Waals surface area contributed by atoms with Gasteiger partial charge in [0.05, 0.1) is 5.97 Å². The fourth-order valence-electron chi connectivity index (χ4n) is 1.04. The average molecular weight is 193 g/mol. The number of nitrogens with one attached hydrogen (secondary N) is 1. The van der Waals surface area contributed by atoms with E-state index in [1.54, 1.807) is 0 Å². The number of hydrogen-bond donors (Lipinski definition) is 2. The van der Waals surface area contributed by atoms with Crippen LogP contribution in [0, 0.1) is 0 Å². The van der Waals surface area contributed by atoms with E-state index in [4.69, 9.17) is 5.73 Å². The van der Waals surface area contributed by atoms with Crippen molar-refractivity contribution in [1.29, 1.82) is 0 Å². The number of anilines is 1. The summed E-state index contributed by atoms with van der Waals surface area (Å²) in [5.41, 5.74) is 5.72. The predicted octanol–water partition coefficient (Wildman–Crippen LogP) is -1.01. The molecule has 0 aliphatic heterocycles. The number of benzene rings is 1. The molecule has 5 heteroatoms. The fraction of sp³-hybridized carbons (Fsp3) is 0.111. The molecule has 1 aromatic carbocycles. The van der Waals surface area contributed by atoms with Crippen molar-refractivity contribution in [2.75, 3.05) is 12.8 Å². The highest BCUT2D eigenvalue weighted by molar-refractivity contribution is 5.98. The normalized spacial score (nSPS) is 9.50. The zero-order valence-corrected chi connectivity index (χ0v) is 7.53. The van der Waals surface area contributed by atoms with Gasteiger partial charge < -0.3 is 21.0 Å². The minimum Gasteiger partial charge on any atom is -0.545 e. The van der Waals surface area contributed by atoms with Crippen molar-refractivity contribution in [2.45, 2.75) is 0 Å². The molecule has 0 unspecified atom stereocenters. The summed E-state index contributed by atoms with van der Waals surface area (Å²) < 4.78 is 0. The van der Waals surface area contributed by atoms with E-state index in [1.807, 2.05) is 0 Å². The third kappa shape index (κ3) is 2.01. The molecule has 0 aliphatic rings. The molecule has 0 spiro atoms. The number of carboxylic acid groups (broad SMARTS) is 1. The number of carbonyl (C=O) groups is 2. The van der Waals surface area contributed by atoms with Crippen molar-refractivity contribution >= 4 is 17.6 Å². The standard InChI is InChI=1S/C9H10N2O3/c1-11-8(12)5-2-6(9(13)14)4-7(10)3-5/h2-4H,10H2,1H3,(H,11,12)(H,13,14)/p-1. The lowest BCUT2D eigenvalue weighted by atomic mass is 10.1. The number of nitrogens with two attached hydrogens (primary N) is 1. The zero-order valence-electron chi connectivity index (χ0n) is 7.53. The van der Waals surface area contributed by atoms with E-state index in [0.29, 0.717) is 0 Å². The van der Waals surface area contributed by atoms with Crippen LogP contribution in [0.1, 0.15) is 20.7 Å². The van der Waals surface area contributed by atoms with Crippen molar-refractivity contribution in [3.8, 4) is 0 Å². The van der Waals surface area contributed by atoms with Gasteiger partial charge in [-0.1, -0.05) is 0 Å². The number of rotatable bonds is 2. The van der Waals surface area contributed by atoms with Gasteiger partial charge in [-0.05, 0) is 23.8 Å². The van der Waals surface area contributed by atoms with Crippen LogP contribution in [-0.2, 0) is 0 Å². The Kier molecular flexibility index (Phi) is 2.71. The number of aromatic carboxylic acids is 1. The van der Waals surface area contributed by atoms with Crippen molar-refractivity contribution in [2.24, 2.45) is 0 Å². The molecular formula is C9H9N2O3-. The van der Waals surface area contributed by atoms with E-state index in [9.17, 15) is 14.7 Å². The quantitative estimate of drug-likeness (QED) is 0.588. The molecule has 5 nitrogen and oxygen atoms in total. The van der Waals surface area contributed by atoms with E-state index in [-0.39, 0.29) is 22.7 Å². The molecule has 0 heterocycles. The van der Waals surface area contributed by atoms with E-state index < -0.39 is 5.97 Å². The van der Waals surface area contributed by atoms with Gasteiger partial charge in [0.15, 0.2) is 0 Å². The van der Waals surface area contributed by atoms with Gasteiger partial charge in [-0.25, -0.2) is 0 Å². The highest BCUT2D eigenvalue weighted by atomic mass is 16.4. The third-order valence-corrected chi connectivity index (χ3v) is 1.68. The van der Waals surface area contributed by atoms with Crippen LogP contribution in [-0.4, -0.2) is 18.9 Å². The SMILES string of the molecule is CNC(=O)c1cc(N)cc(C(=O)[O-])c1. The maximum Gasteiger partial charge on any atom is 0.251 e. The first-order chi connectivity index (χ1) is 6.54. The molecule has 0 atom stereocenters. The predicted molar refractivity (Wildman–Crippen MR) is 48.6 cm³/mol. The lowest BCUT2D eigenvalue weighted by molar-refractivity contribution is -0.255. The molecule has 14 heavy (non-hydrogen) atoms. The molecule has 3 N–H and O–H groups in total. The molecule has 1 amide bonds. The molecule has 0 saturated heterocycles. The Hall–Kier alpha value is -2.04. The highest BCUT2D eigenvalue weighted by Gasteiger charge is 2.06. The van der Waals surface area contributed by atoms with Gasteiger partial charge in [-0.3, -0.25) is 4.79 Å². The second-order valence-electron chi connectivity index (χ2n) is 2.71. The van der Waals surface area contributed by atoms with Crippen molar-refractivity contribution in [3.05, 3.63) is 29.3 Å². The summed E-state index contributed by atoms with van der Waals surface area (Å²) in [6.07, 6.45) is 0. The first-order valence-corrected chi connectivity index (χ1v) is 3.88. The van der Waals surface area contributed by atoms with E-state index in [0.717, 1.165) is 0 Å². The zero-order chi connectivity index (χ0) is 10.7. The number of hydrogen-bond acceptors (Lipinski definition) is 4. The van der Waals surface area contributed by atoms with Crippen molar-refractivity contribution in [3.63, 3.8) is 0 Å². The largest absolute Gasteiger partial charge is 0.545 e. The molecule has 0 aromatic heterocycles. The van der Waals surface area contributed by atoms with Gasteiger partial charge in [-0.2, -0.15) is 0 Å². The maximum absolute atomic E-state index is 11.2. The number of carbonyl (C=O) groups excluding carboxylic acids is 2. The summed E-state index contributed by atoms with van der Waals surface area (Å²) in [6.45, 7) is 0. The molecule has 74 valence electrons. The molecule has 0 radical (unpaired) electrons. The van der Waals surface area contributed by atoms with Crippen LogP contribution in [0.15, 0.2) is 18.2 Å². The summed E-state index contributed by atoms with van der Waals surface area (Å²) in [6, 6.07) is 3.84. The van der Waals surface area contributed by atoms with Crippen LogP contribution in [0.2, 0.25) is 0 Å². The Morgan fingerprint density at radius 3 is 2.36 bits per heavy atom. The first kappa shape index (κ1) is 10.0. The number of nitrogen functional groups attached to an aromatic ring is 1. The lowest BCUT2D eigenvalue weighted by Crippen LogP contribution is -2.24. The summed E-state index contributed by atoms with van der Waals surface area (Å²) >= 11 is 0. The van der Waals surface area contributed by atoms with Gasteiger partial charge in [0, 0.05) is 18.3 Å². The Morgan fingerprint density at radius 1 is 1.29 bits per heavy atom. The first-order valence-electron chi connectivity index (χ1n) is 3.88. The molecular weight excluding hydrogens is 184 g/mol. The van der Waals surface area contributed by atoms with Gasteiger partial charge in [-0.15, -0.1) is 0 Å². The van der Waals surface area contributed by atoms with Crippen LogP contribution in [0.4, 0.5) is 5.69 Å². The van der Waals surface area contributed by atoms with Crippen LogP contribution in [0.25, 0.3) is 0 Å². The molecule has 0 aliphatic carbocycles. The molecule has 1 aromatic rings. The van der Waals surface area contributed by atoms with E-state index >= 15 is 0 Å². The minimum atomic E-state index is -1.36. The van der Waals surface area contributed by atoms with Crippen LogP contribution in [0.3, 0.4) is 0 Å². The van der Waals surface area contributed by atoms with Crippen molar-refractivity contribution < 1.29 is 14.7 Å². The third-order valence-electron chi connectivity index (χ3n) is 1.68. The second kappa shape index (κ2) is 3.78. The van der Waals surface area contributed by atoms with Crippen LogP contribution >= 0.6 is 0 Å². The monoisotopic (exact) mass is 193 g/mol. The second-order valence-corrected chi connectivity index (χ2v) is 2.71. The number of amides is 1. The topological polar surface area (TPSA) is 95.2 Å². The van der Waals surface area contributed by atoms with E-state index in [1.165, 1.54) is 25.2 Å². The van der Waals surface area contributed by atoms with Crippen molar-refractivity contribution in [1.82, 2.24) is 5.32 Å². The lowest BCUT2D eigenvalue weighted by Gasteiger charge is -2.06. The molecule has 0 fully saturated rings. The summed E-state index contributed by atoms with van der Waals surface area (Å²) in [5, 5.41) is 12.9. The summed E-state index contributed by atoms with van der Waals surface area (Å²) in [7, 11) is 1.45. The Bertz CT molecular complexity index is 388. The maximum atomic E-state index is 11.2. The molecule has 1 rings (SSSR count). The summed E-state index contributed by atoms with van der Waals surface area (Å²) in [5.74, 6) is -1.75.